The molecule has 2 atom stereocenters. The van der Waals surface area contributed by atoms with E-state index in [-0.39, 0.29) is 0 Å². The van der Waals surface area contributed by atoms with Gasteiger partial charge < -0.3 is 15.4 Å². The molecule has 2 rings (SSSR count). The lowest BCUT2D eigenvalue weighted by Crippen LogP contribution is -2.34. The molecule has 1 saturated carbocycles. The molecule has 0 aromatic heterocycles. The van der Waals surface area contributed by atoms with E-state index in [1.807, 2.05) is 0 Å². The average molecular weight is 184 g/mol. The highest BCUT2D eigenvalue weighted by Gasteiger charge is 2.24. The summed E-state index contributed by atoms with van der Waals surface area (Å²) in [6, 6.07) is 0.628. The predicted molar refractivity (Wildman–Crippen MR) is 52.8 cm³/mol. The van der Waals surface area contributed by atoms with E-state index in [1.165, 1.54) is 19.4 Å². The van der Waals surface area contributed by atoms with Crippen molar-refractivity contribution in [2.45, 2.75) is 31.4 Å². The number of hydrogen-bond donors (Lipinski definition) is 2. The van der Waals surface area contributed by atoms with Gasteiger partial charge in [0.2, 0.25) is 0 Å². The second-order valence-corrected chi connectivity index (χ2v) is 4.30. The summed E-state index contributed by atoms with van der Waals surface area (Å²) in [6.45, 7) is 3.35. The largest absolute Gasteiger partial charge is 0.380 e. The number of hydrogen-bond acceptors (Lipinski definition) is 3. The van der Waals surface area contributed by atoms with Crippen LogP contribution in [0, 0.1) is 5.92 Å². The van der Waals surface area contributed by atoms with E-state index in [2.05, 4.69) is 10.6 Å². The Morgan fingerprint density at radius 3 is 2.85 bits per heavy atom. The molecule has 1 saturated heterocycles. The van der Waals surface area contributed by atoms with Crippen LogP contribution in [0.5, 0.6) is 0 Å². The molecule has 1 heterocycles. The minimum absolute atomic E-state index is 0.438. The lowest BCUT2D eigenvalue weighted by molar-refractivity contribution is 0.117. The molecular formula is C10H20N2O. The van der Waals surface area contributed by atoms with Gasteiger partial charge in [-0.2, -0.15) is 0 Å². The maximum atomic E-state index is 5.29. The zero-order valence-electron chi connectivity index (χ0n) is 8.38. The SMILES string of the molecule is COC1CNC(CNCC2CC2)C1. The van der Waals surface area contributed by atoms with E-state index in [0.717, 1.165) is 25.4 Å². The van der Waals surface area contributed by atoms with Crippen LogP contribution in [-0.2, 0) is 4.74 Å². The molecule has 3 heteroatoms. The summed E-state index contributed by atoms with van der Waals surface area (Å²) in [5.74, 6) is 0.986. The third-order valence-electron chi connectivity index (χ3n) is 3.04. The molecule has 0 bridgehead atoms. The van der Waals surface area contributed by atoms with Crippen molar-refractivity contribution in [3.8, 4) is 0 Å². The van der Waals surface area contributed by atoms with Crippen molar-refractivity contribution < 1.29 is 4.74 Å². The second-order valence-electron chi connectivity index (χ2n) is 4.30. The minimum Gasteiger partial charge on any atom is -0.380 e. The smallest absolute Gasteiger partial charge is 0.0711 e. The van der Waals surface area contributed by atoms with Gasteiger partial charge in [-0.05, 0) is 31.7 Å². The van der Waals surface area contributed by atoms with Gasteiger partial charge in [0.25, 0.3) is 0 Å². The van der Waals surface area contributed by atoms with Gasteiger partial charge >= 0.3 is 0 Å². The minimum atomic E-state index is 0.438. The molecule has 76 valence electrons. The maximum absolute atomic E-state index is 5.29. The van der Waals surface area contributed by atoms with Crippen LogP contribution in [0.2, 0.25) is 0 Å². The Bertz CT molecular complexity index is 159. The Morgan fingerprint density at radius 2 is 2.23 bits per heavy atom. The molecule has 2 N–H and O–H groups in total. The molecule has 3 nitrogen and oxygen atoms in total. The predicted octanol–water partition coefficient (Wildman–Crippen LogP) is 0.363. The molecule has 2 unspecified atom stereocenters. The highest BCUT2D eigenvalue weighted by atomic mass is 16.5. The topological polar surface area (TPSA) is 33.3 Å². The van der Waals surface area contributed by atoms with Crippen LogP contribution in [0.15, 0.2) is 0 Å². The highest BCUT2D eigenvalue weighted by molar-refractivity contribution is 4.84. The highest BCUT2D eigenvalue weighted by Crippen LogP contribution is 2.27. The fourth-order valence-corrected chi connectivity index (χ4v) is 1.90. The van der Waals surface area contributed by atoms with Crippen LogP contribution >= 0.6 is 0 Å². The summed E-state index contributed by atoms with van der Waals surface area (Å²) in [4.78, 5) is 0. The van der Waals surface area contributed by atoms with Crippen molar-refractivity contribution in [1.82, 2.24) is 10.6 Å². The quantitative estimate of drug-likeness (QED) is 0.647. The normalized spacial score (nSPS) is 33.9. The maximum Gasteiger partial charge on any atom is 0.0711 e. The van der Waals surface area contributed by atoms with Crippen molar-refractivity contribution in [1.29, 1.82) is 0 Å². The standard InChI is InChI=1S/C10H20N2O/c1-13-10-4-9(12-7-10)6-11-5-8-2-3-8/h8-12H,2-7H2,1H3. The van der Waals surface area contributed by atoms with Gasteiger partial charge in [-0.15, -0.1) is 0 Å². The Labute approximate surface area is 80.2 Å². The first-order valence-corrected chi connectivity index (χ1v) is 5.35. The van der Waals surface area contributed by atoms with Crippen molar-refractivity contribution in [3.05, 3.63) is 0 Å². The molecule has 13 heavy (non-hydrogen) atoms. The fraction of sp³-hybridized carbons (Fsp3) is 1.00. The van der Waals surface area contributed by atoms with Gasteiger partial charge in [-0.1, -0.05) is 0 Å². The molecule has 0 aromatic rings. The first-order chi connectivity index (χ1) is 6.38. The fourth-order valence-electron chi connectivity index (χ4n) is 1.90. The molecule has 0 amide bonds. The summed E-state index contributed by atoms with van der Waals surface area (Å²) >= 11 is 0. The third-order valence-corrected chi connectivity index (χ3v) is 3.04. The first-order valence-electron chi connectivity index (χ1n) is 5.35. The summed E-state index contributed by atoms with van der Waals surface area (Å²) in [5.41, 5.74) is 0. The number of rotatable bonds is 5. The third kappa shape index (κ3) is 2.93. The van der Waals surface area contributed by atoms with Gasteiger partial charge in [0.05, 0.1) is 6.10 Å². The Hall–Kier alpha value is -0.120. The Kier molecular flexibility index (Phi) is 3.19. The van der Waals surface area contributed by atoms with Crippen LogP contribution in [0.4, 0.5) is 0 Å². The lowest BCUT2D eigenvalue weighted by atomic mass is 10.2. The Balaban J connectivity index is 1.54. The Morgan fingerprint density at radius 1 is 1.38 bits per heavy atom. The molecule has 0 spiro atoms. The monoisotopic (exact) mass is 184 g/mol. The summed E-state index contributed by atoms with van der Waals surface area (Å²) in [6.07, 6.45) is 4.47. The number of methoxy groups -OCH3 is 1. The summed E-state index contributed by atoms with van der Waals surface area (Å²) in [5, 5.41) is 6.98. The number of ether oxygens (including phenoxy) is 1. The zero-order chi connectivity index (χ0) is 9.10. The number of nitrogens with one attached hydrogen (secondary N) is 2. The molecule has 2 fully saturated rings. The lowest BCUT2D eigenvalue weighted by Gasteiger charge is -2.10. The molecular weight excluding hydrogens is 164 g/mol. The van der Waals surface area contributed by atoms with Gasteiger partial charge in [0.1, 0.15) is 0 Å². The van der Waals surface area contributed by atoms with Crippen LogP contribution < -0.4 is 10.6 Å². The van der Waals surface area contributed by atoms with Crippen molar-refractivity contribution in [3.63, 3.8) is 0 Å². The average Bonchev–Trinajstić information content (AvgIpc) is 2.84. The second kappa shape index (κ2) is 4.40. The van der Waals surface area contributed by atoms with Gasteiger partial charge in [0.15, 0.2) is 0 Å². The van der Waals surface area contributed by atoms with E-state index in [1.54, 1.807) is 7.11 Å². The zero-order valence-corrected chi connectivity index (χ0v) is 8.38. The van der Waals surface area contributed by atoms with Crippen molar-refractivity contribution in [2.75, 3.05) is 26.7 Å². The van der Waals surface area contributed by atoms with E-state index in [9.17, 15) is 0 Å². The van der Waals surface area contributed by atoms with Crippen molar-refractivity contribution in [2.24, 2.45) is 5.92 Å². The molecule has 0 aromatic carbocycles. The van der Waals surface area contributed by atoms with E-state index in [4.69, 9.17) is 4.74 Å². The first kappa shape index (κ1) is 9.44. The molecule has 0 radical (unpaired) electrons. The van der Waals surface area contributed by atoms with Crippen LogP contribution in [0.3, 0.4) is 0 Å². The van der Waals surface area contributed by atoms with E-state index in [0.29, 0.717) is 12.1 Å². The van der Waals surface area contributed by atoms with Crippen LogP contribution in [-0.4, -0.2) is 38.9 Å². The van der Waals surface area contributed by atoms with Crippen molar-refractivity contribution >= 4 is 0 Å². The van der Waals surface area contributed by atoms with Crippen LogP contribution in [0.25, 0.3) is 0 Å². The summed E-state index contributed by atoms with van der Waals surface area (Å²) in [7, 11) is 1.80. The molecule has 1 aliphatic heterocycles. The van der Waals surface area contributed by atoms with E-state index >= 15 is 0 Å². The van der Waals surface area contributed by atoms with E-state index < -0.39 is 0 Å². The summed E-state index contributed by atoms with van der Waals surface area (Å²) < 4.78 is 5.29. The molecule has 2 aliphatic rings. The van der Waals surface area contributed by atoms with Gasteiger partial charge in [-0.3, -0.25) is 0 Å². The van der Waals surface area contributed by atoms with Gasteiger partial charge in [0, 0.05) is 26.2 Å². The molecule has 1 aliphatic carbocycles. The van der Waals surface area contributed by atoms with Gasteiger partial charge in [-0.25, -0.2) is 0 Å². The van der Waals surface area contributed by atoms with Crippen LogP contribution in [0.1, 0.15) is 19.3 Å².